The van der Waals surface area contributed by atoms with Crippen molar-refractivity contribution in [1.82, 2.24) is 15.6 Å². The molecular weight excluding hydrogens is 393 g/mol. The van der Waals surface area contributed by atoms with E-state index >= 15 is 0 Å². The Bertz CT molecular complexity index is 896. The van der Waals surface area contributed by atoms with Gasteiger partial charge in [-0.3, -0.25) is 4.98 Å². The van der Waals surface area contributed by atoms with Gasteiger partial charge in [0.15, 0.2) is 5.11 Å². The lowest BCUT2D eigenvalue weighted by Gasteiger charge is -2.28. The first-order valence-electron chi connectivity index (χ1n) is 11.0. The van der Waals surface area contributed by atoms with Gasteiger partial charge in [0.1, 0.15) is 5.82 Å². The summed E-state index contributed by atoms with van der Waals surface area (Å²) in [6.45, 7) is 0.924. The topological polar surface area (TPSA) is 37.0 Å². The molecule has 0 saturated heterocycles. The Kier molecular flexibility index (Phi) is 6.78. The summed E-state index contributed by atoms with van der Waals surface area (Å²) in [7, 11) is 1.86. The van der Waals surface area contributed by atoms with E-state index in [1.165, 1.54) is 38.2 Å². The van der Waals surface area contributed by atoms with Crippen LogP contribution < -0.4 is 10.6 Å². The number of rotatable bonds is 5. The van der Waals surface area contributed by atoms with E-state index in [0.29, 0.717) is 11.8 Å². The second-order valence-corrected chi connectivity index (χ2v) is 8.99. The van der Waals surface area contributed by atoms with Gasteiger partial charge in [-0.25, -0.2) is 4.39 Å². The van der Waals surface area contributed by atoms with Gasteiger partial charge < -0.3 is 10.6 Å². The Morgan fingerprint density at radius 1 is 1.20 bits per heavy atom. The van der Waals surface area contributed by atoms with Crippen molar-refractivity contribution in [2.75, 3.05) is 13.6 Å². The summed E-state index contributed by atoms with van der Waals surface area (Å²) >= 11 is 5.28. The standard InChI is InChI=1S/C25H30FN3S/c1-27-25(30)29-16-20-13-18-5-2-3-8-23(18)24(20)12-11-22-10-9-19(15-28-22)17-6-4-7-21(26)14-17/h4,6-7,9-12,14-15,18,20,23-24H,2-3,5,8,13,16H2,1H3,(H2,27,29,30)/b12-11+/t18-,20-,23-,24-/m1/s1. The number of hydrogen-bond acceptors (Lipinski definition) is 2. The van der Waals surface area contributed by atoms with Crippen LogP contribution in [0.5, 0.6) is 0 Å². The molecule has 3 nitrogen and oxygen atoms in total. The SMILES string of the molecule is CNC(=S)NC[C@H]1C[C@H]2CCCC[C@H]2[C@@H]1/C=C/c1ccc(-c2cccc(F)c2)cn1. The van der Waals surface area contributed by atoms with E-state index in [4.69, 9.17) is 12.2 Å². The third kappa shape index (κ3) is 4.89. The Morgan fingerprint density at radius 2 is 2.07 bits per heavy atom. The monoisotopic (exact) mass is 423 g/mol. The van der Waals surface area contributed by atoms with Gasteiger partial charge in [-0.15, -0.1) is 0 Å². The van der Waals surface area contributed by atoms with E-state index in [9.17, 15) is 4.39 Å². The molecule has 1 heterocycles. The molecular formula is C25H30FN3S. The maximum absolute atomic E-state index is 13.5. The predicted octanol–water partition coefficient (Wildman–Crippen LogP) is 5.44. The molecule has 0 spiro atoms. The fraction of sp³-hybridized carbons (Fsp3) is 0.440. The van der Waals surface area contributed by atoms with Crippen molar-refractivity contribution >= 4 is 23.4 Å². The van der Waals surface area contributed by atoms with Crippen LogP contribution in [0.25, 0.3) is 17.2 Å². The third-order valence-electron chi connectivity index (χ3n) is 6.80. The van der Waals surface area contributed by atoms with Gasteiger partial charge in [-0.05, 0) is 78.6 Å². The van der Waals surface area contributed by atoms with Crippen LogP contribution in [-0.4, -0.2) is 23.7 Å². The van der Waals surface area contributed by atoms with Gasteiger partial charge in [-0.1, -0.05) is 43.5 Å². The molecule has 2 fully saturated rings. The molecule has 0 bridgehead atoms. The highest BCUT2D eigenvalue weighted by Crippen LogP contribution is 2.49. The van der Waals surface area contributed by atoms with Gasteiger partial charge in [0.25, 0.3) is 0 Å². The van der Waals surface area contributed by atoms with Gasteiger partial charge in [0.2, 0.25) is 0 Å². The predicted molar refractivity (Wildman–Crippen MR) is 125 cm³/mol. The summed E-state index contributed by atoms with van der Waals surface area (Å²) in [6, 6.07) is 10.7. The number of thiocarbonyl (C=S) groups is 1. The normalized spacial score (nSPS) is 25.8. The van der Waals surface area contributed by atoms with E-state index in [1.54, 1.807) is 12.1 Å². The van der Waals surface area contributed by atoms with E-state index in [0.717, 1.165) is 40.3 Å². The molecule has 0 amide bonds. The first kappa shape index (κ1) is 21.0. The van der Waals surface area contributed by atoms with E-state index < -0.39 is 0 Å². The number of hydrogen-bond donors (Lipinski definition) is 2. The van der Waals surface area contributed by atoms with E-state index in [-0.39, 0.29) is 5.82 Å². The number of nitrogens with zero attached hydrogens (tertiary/aromatic N) is 1. The molecule has 0 radical (unpaired) electrons. The first-order valence-corrected chi connectivity index (χ1v) is 11.4. The van der Waals surface area contributed by atoms with Crippen LogP contribution in [0, 0.1) is 29.5 Å². The minimum Gasteiger partial charge on any atom is -0.366 e. The Labute approximate surface area is 184 Å². The van der Waals surface area contributed by atoms with Crippen LogP contribution in [0.2, 0.25) is 0 Å². The molecule has 1 aromatic carbocycles. The molecule has 1 aromatic heterocycles. The average Bonchev–Trinajstić information content (AvgIpc) is 3.14. The molecule has 2 aromatic rings. The molecule has 2 aliphatic rings. The van der Waals surface area contributed by atoms with Crippen LogP contribution in [0.4, 0.5) is 4.39 Å². The molecule has 30 heavy (non-hydrogen) atoms. The second-order valence-electron chi connectivity index (χ2n) is 8.58. The van der Waals surface area contributed by atoms with Crippen molar-refractivity contribution < 1.29 is 4.39 Å². The largest absolute Gasteiger partial charge is 0.366 e. The zero-order valence-electron chi connectivity index (χ0n) is 17.5. The number of fused-ring (bicyclic) bond motifs is 1. The van der Waals surface area contributed by atoms with Crippen molar-refractivity contribution in [3.63, 3.8) is 0 Å². The highest BCUT2D eigenvalue weighted by molar-refractivity contribution is 7.80. The minimum atomic E-state index is -0.225. The average molecular weight is 424 g/mol. The third-order valence-corrected chi connectivity index (χ3v) is 7.15. The molecule has 5 heteroatoms. The highest BCUT2D eigenvalue weighted by Gasteiger charge is 2.42. The lowest BCUT2D eigenvalue weighted by Crippen LogP contribution is -2.36. The fourth-order valence-corrected chi connectivity index (χ4v) is 5.40. The second kappa shape index (κ2) is 9.69. The number of allylic oxidation sites excluding steroid dienone is 1. The fourth-order valence-electron chi connectivity index (χ4n) is 5.32. The summed E-state index contributed by atoms with van der Waals surface area (Å²) in [5.41, 5.74) is 2.74. The number of pyridine rings is 1. The number of nitrogens with one attached hydrogen (secondary N) is 2. The zero-order valence-corrected chi connectivity index (χ0v) is 18.3. The van der Waals surface area contributed by atoms with Crippen molar-refractivity contribution in [2.45, 2.75) is 32.1 Å². The highest BCUT2D eigenvalue weighted by atomic mass is 32.1. The van der Waals surface area contributed by atoms with Crippen LogP contribution in [0.3, 0.4) is 0 Å². The summed E-state index contributed by atoms with van der Waals surface area (Å²) in [4.78, 5) is 4.61. The number of halogens is 1. The Morgan fingerprint density at radius 3 is 2.83 bits per heavy atom. The summed E-state index contributed by atoms with van der Waals surface area (Å²) in [5.74, 6) is 2.56. The lowest BCUT2D eigenvalue weighted by atomic mass is 9.77. The van der Waals surface area contributed by atoms with Crippen LogP contribution >= 0.6 is 12.2 Å². The van der Waals surface area contributed by atoms with Gasteiger partial charge in [0, 0.05) is 25.4 Å². The molecule has 4 atom stereocenters. The summed E-state index contributed by atoms with van der Waals surface area (Å²) < 4.78 is 13.5. The first-order chi connectivity index (χ1) is 14.6. The summed E-state index contributed by atoms with van der Waals surface area (Å²) in [6.07, 6.45) is 13.1. The number of benzene rings is 1. The molecule has 2 saturated carbocycles. The molecule has 4 rings (SSSR count). The maximum Gasteiger partial charge on any atom is 0.166 e. The van der Waals surface area contributed by atoms with Crippen molar-refractivity contribution in [3.8, 4) is 11.1 Å². The van der Waals surface area contributed by atoms with Gasteiger partial charge in [0.05, 0.1) is 5.69 Å². The molecule has 2 N–H and O–H groups in total. The van der Waals surface area contributed by atoms with Crippen molar-refractivity contribution in [1.29, 1.82) is 0 Å². The number of aromatic nitrogens is 1. The summed E-state index contributed by atoms with van der Waals surface area (Å²) in [5, 5.41) is 7.12. The minimum absolute atomic E-state index is 0.225. The van der Waals surface area contributed by atoms with Crippen LogP contribution in [-0.2, 0) is 0 Å². The Hall–Kier alpha value is -2.27. The smallest absolute Gasteiger partial charge is 0.166 e. The van der Waals surface area contributed by atoms with E-state index in [1.807, 2.05) is 31.4 Å². The molecule has 0 unspecified atom stereocenters. The van der Waals surface area contributed by atoms with Crippen molar-refractivity contribution in [3.05, 3.63) is 60.2 Å². The molecule has 2 aliphatic carbocycles. The van der Waals surface area contributed by atoms with Crippen LogP contribution in [0.15, 0.2) is 48.7 Å². The quantitative estimate of drug-likeness (QED) is 0.628. The zero-order chi connectivity index (χ0) is 20.9. The maximum atomic E-state index is 13.5. The molecule has 158 valence electrons. The Balaban J connectivity index is 1.47. The van der Waals surface area contributed by atoms with Gasteiger partial charge >= 0.3 is 0 Å². The molecule has 0 aliphatic heterocycles. The van der Waals surface area contributed by atoms with Gasteiger partial charge in [-0.2, -0.15) is 0 Å². The van der Waals surface area contributed by atoms with Crippen LogP contribution in [0.1, 0.15) is 37.8 Å². The van der Waals surface area contributed by atoms with Crippen molar-refractivity contribution in [2.24, 2.45) is 23.7 Å². The lowest BCUT2D eigenvalue weighted by molar-refractivity contribution is 0.247. The van der Waals surface area contributed by atoms with E-state index in [2.05, 4.69) is 27.8 Å².